The number of piperidine rings is 1. The van der Waals surface area contributed by atoms with Gasteiger partial charge in [-0.05, 0) is 32.4 Å². The third-order valence-electron chi connectivity index (χ3n) is 3.55. The molecule has 1 atom stereocenters. The maximum Gasteiger partial charge on any atom is 0.329 e. The summed E-state index contributed by atoms with van der Waals surface area (Å²) < 4.78 is 0. The zero-order valence-electron chi connectivity index (χ0n) is 11.4. The Bertz CT molecular complexity index is 538. The van der Waals surface area contributed by atoms with Crippen molar-refractivity contribution in [3.8, 4) is 6.07 Å². The number of pyridine rings is 1. The maximum atomic E-state index is 11.3. The van der Waals surface area contributed by atoms with Crippen molar-refractivity contribution in [2.75, 3.05) is 25.0 Å². The van der Waals surface area contributed by atoms with Crippen molar-refractivity contribution in [1.29, 1.82) is 5.26 Å². The number of nitrogens with zero attached hydrogens (tertiary/aromatic N) is 4. The number of hydrogen-bond donors (Lipinski definition) is 1. The third-order valence-corrected chi connectivity index (χ3v) is 3.55. The second-order valence-electron chi connectivity index (χ2n) is 4.80. The number of anilines is 1. The van der Waals surface area contributed by atoms with Crippen LogP contribution in [0.5, 0.6) is 0 Å². The van der Waals surface area contributed by atoms with Gasteiger partial charge in [0.05, 0.1) is 4.92 Å². The van der Waals surface area contributed by atoms with Crippen molar-refractivity contribution in [2.45, 2.75) is 25.3 Å². The molecule has 2 rings (SSSR count). The van der Waals surface area contributed by atoms with E-state index < -0.39 is 4.92 Å². The van der Waals surface area contributed by atoms with Gasteiger partial charge in [-0.25, -0.2) is 4.98 Å². The van der Waals surface area contributed by atoms with Crippen molar-refractivity contribution in [2.24, 2.45) is 0 Å². The van der Waals surface area contributed by atoms with E-state index in [1.54, 1.807) is 0 Å². The number of nitro groups is 1. The molecule has 0 spiro atoms. The van der Waals surface area contributed by atoms with E-state index in [0.717, 1.165) is 32.4 Å². The van der Waals surface area contributed by atoms with Crippen LogP contribution in [0.2, 0.25) is 0 Å². The molecule has 0 saturated carbocycles. The summed E-state index contributed by atoms with van der Waals surface area (Å²) in [5.74, 6) is 0.314. The Morgan fingerprint density at radius 3 is 3.10 bits per heavy atom. The molecular formula is C13H17N5O2. The van der Waals surface area contributed by atoms with Gasteiger partial charge in [-0.2, -0.15) is 5.26 Å². The van der Waals surface area contributed by atoms with Crippen LogP contribution in [0.3, 0.4) is 0 Å². The molecule has 0 aromatic carbocycles. The van der Waals surface area contributed by atoms with Crippen LogP contribution in [0.4, 0.5) is 11.5 Å². The maximum absolute atomic E-state index is 11.3. The van der Waals surface area contributed by atoms with Crippen LogP contribution in [-0.4, -0.2) is 36.1 Å². The first-order valence-electron chi connectivity index (χ1n) is 6.63. The predicted molar refractivity (Wildman–Crippen MR) is 74.5 cm³/mol. The molecule has 1 aliphatic heterocycles. The highest BCUT2D eigenvalue weighted by atomic mass is 16.6. The minimum absolute atomic E-state index is 0.0637. The van der Waals surface area contributed by atoms with Crippen LogP contribution < -0.4 is 10.2 Å². The molecule has 1 fully saturated rings. The lowest BCUT2D eigenvalue weighted by atomic mass is 10.0. The molecule has 1 N–H and O–H groups in total. The van der Waals surface area contributed by atoms with E-state index in [9.17, 15) is 10.1 Å². The monoisotopic (exact) mass is 275 g/mol. The fourth-order valence-corrected chi connectivity index (χ4v) is 2.65. The first-order valence-corrected chi connectivity index (χ1v) is 6.63. The first kappa shape index (κ1) is 14.2. The second kappa shape index (κ2) is 6.30. The number of hydrogen-bond acceptors (Lipinski definition) is 6. The third kappa shape index (κ3) is 2.70. The highest BCUT2D eigenvalue weighted by Gasteiger charge is 2.31. The number of nitrogens with one attached hydrogen (secondary N) is 1. The predicted octanol–water partition coefficient (Wildman–Crippen LogP) is 1.44. The zero-order valence-corrected chi connectivity index (χ0v) is 11.4. The van der Waals surface area contributed by atoms with E-state index >= 15 is 0 Å². The van der Waals surface area contributed by atoms with Crippen LogP contribution >= 0.6 is 0 Å². The molecule has 1 unspecified atom stereocenters. The van der Waals surface area contributed by atoms with Crippen molar-refractivity contribution >= 4 is 11.5 Å². The Balaban J connectivity index is 2.45. The molecule has 1 aliphatic rings. The van der Waals surface area contributed by atoms with Gasteiger partial charge >= 0.3 is 5.69 Å². The summed E-state index contributed by atoms with van der Waals surface area (Å²) in [6.45, 7) is 1.48. The molecule has 0 radical (unpaired) electrons. The normalized spacial score (nSPS) is 18.6. The fourth-order valence-electron chi connectivity index (χ4n) is 2.65. The number of nitriles is 1. The Morgan fingerprint density at radius 2 is 2.45 bits per heavy atom. The van der Waals surface area contributed by atoms with E-state index in [2.05, 4.69) is 10.3 Å². The summed E-state index contributed by atoms with van der Waals surface area (Å²) in [7, 11) is 1.86. The number of aromatic nitrogens is 1. The van der Waals surface area contributed by atoms with Gasteiger partial charge in [0.2, 0.25) is 5.82 Å². The molecule has 106 valence electrons. The van der Waals surface area contributed by atoms with Gasteiger partial charge in [0, 0.05) is 25.3 Å². The molecule has 0 amide bonds. The van der Waals surface area contributed by atoms with E-state index in [4.69, 9.17) is 5.26 Å². The van der Waals surface area contributed by atoms with Gasteiger partial charge in [0.25, 0.3) is 0 Å². The number of rotatable bonds is 4. The van der Waals surface area contributed by atoms with Gasteiger partial charge < -0.3 is 10.2 Å². The highest BCUT2D eigenvalue weighted by molar-refractivity contribution is 5.66. The Labute approximate surface area is 117 Å². The minimum Gasteiger partial charge on any atom is -0.347 e. The smallest absolute Gasteiger partial charge is 0.329 e. The molecule has 0 aliphatic carbocycles. The Kier molecular flexibility index (Phi) is 4.48. The van der Waals surface area contributed by atoms with Crippen molar-refractivity contribution in [3.05, 3.63) is 27.9 Å². The van der Waals surface area contributed by atoms with Gasteiger partial charge in [0.1, 0.15) is 11.6 Å². The van der Waals surface area contributed by atoms with Gasteiger partial charge in [0.15, 0.2) is 0 Å². The average molecular weight is 275 g/mol. The van der Waals surface area contributed by atoms with Crippen LogP contribution in [0.25, 0.3) is 0 Å². The molecule has 7 nitrogen and oxygen atoms in total. The van der Waals surface area contributed by atoms with Gasteiger partial charge in [-0.15, -0.1) is 0 Å². The summed E-state index contributed by atoms with van der Waals surface area (Å²) in [6.07, 6.45) is 4.52. The molecule has 1 saturated heterocycles. The summed E-state index contributed by atoms with van der Waals surface area (Å²) in [5, 5.41) is 23.4. The van der Waals surface area contributed by atoms with Gasteiger partial charge in [-0.1, -0.05) is 0 Å². The summed E-state index contributed by atoms with van der Waals surface area (Å²) in [5.41, 5.74) is -0.119. The van der Waals surface area contributed by atoms with E-state index in [0.29, 0.717) is 5.82 Å². The second-order valence-corrected chi connectivity index (χ2v) is 4.80. The van der Waals surface area contributed by atoms with Crippen LogP contribution in [0.1, 0.15) is 24.8 Å². The Hall–Kier alpha value is -2.20. The Morgan fingerprint density at radius 1 is 1.65 bits per heavy atom. The lowest BCUT2D eigenvalue weighted by molar-refractivity contribution is -0.384. The van der Waals surface area contributed by atoms with E-state index in [-0.39, 0.29) is 17.3 Å². The first-order chi connectivity index (χ1) is 9.69. The molecule has 2 heterocycles. The average Bonchev–Trinajstić information content (AvgIpc) is 2.47. The fraction of sp³-hybridized carbons (Fsp3) is 0.538. The van der Waals surface area contributed by atoms with Crippen molar-refractivity contribution in [3.63, 3.8) is 0 Å². The standard InChI is InChI=1S/C13H17N5O2/c1-15-9-11-4-2-3-7-17(11)13-12(18(19)20)10(8-14)5-6-16-13/h5-6,11,15H,2-4,7,9H2,1H3. The molecule has 7 heteroatoms. The molecule has 1 aromatic heterocycles. The molecular weight excluding hydrogens is 258 g/mol. The molecule has 20 heavy (non-hydrogen) atoms. The summed E-state index contributed by atoms with van der Waals surface area (Å²) in [6, 6.07) is 3.44. The van der Waals surface area contributed by atoms with Gasteiger partial charge in [-0.3, -0.25) is 10.1 Å². The largest absolute Gasteiger partial charge is 0.347 e. The number of likely N-dealkylation sites (N-methyl/N-ethyl adjacent to an activating group) is 1. The van der Waals surface area contributed by atoms with Crippen molar-refractivity contribution < 1.29 is 4.92 Å². The minimum atomic E-state index is -0.508. The zero-order chi connectivity index (χ0) is 14.5. The lowest BCUT2D eigenvalue weighted by Crippen LogP contribution is -2.45. The molecule has 0 bridgehead atoms. The SMILES string of the molecule is CNCC1CCCCN1c1nccc(C#N)c1[N+](=O)[O-]. The summed E-state index contributed by atoms with van der Waals surface area (Å²) in [4.78, 5) is 16.9. The lowest BCUT2D eigenvalue weighted by Gasteiger charge is -2.36. The van der Waals surface area contributed by atoms with Crippen molar-refractivity contribution in [1.82, 2.24) is 10.3 Å². The highest BCUT2D eigenvalue weighted by Crippen LogP contribution is 2.33. The quantitative estimate of drug-likeness (QED) is 0.660. The van der Waals surface area contributed by atoms with Crippen LogP contribution in [0.15, 0.2) is 12.3 Å². The topological polar surface area (TPSA) is 95.1 Å². The van der Waals surface area contributed by atoms with E-state index in [1.807, 2.05) is 18.0 Å². The molecule has 1 aromatic rings. The van der Waals surface area contributed by atoms with E-state index in [1.165, 1.54) is 12.3 Å². The summed E-state index contributed by atoms with van der Waals surface area (Å²) >= 11 is 0. The van der Waals surface area contributed by atoms with Crippen LogP contribution in [-0.2, 0) is 0 Å². The van der Waals surface area contributed by atoms with Crippen LogP contribution in [0, 0.1) is 21.4 Å².